The van der Waals surface area contributed by atoms with Gasteiger partial charge in [0.15, 0.2) is 0 Å². The Balaban J connectivity index is 1.33. The van der Waals surface area contributed by atoms with Crippen molar-refractivity contribution in [2.45, 2.75) is 43.8 Å². The van der Waals surface area contributed by atoms with Gasteiger partial charge in [0, 0.05) is 44.0 Å². The van der Waals surface area contributed by atoms with Crippen LogP contribution in [0.15, 0.2) is 40.2 Å². The van der Waals surface area contributed by atoms with Gasteiger partial charge in [-0.25, -0.2) is 4.79 Å². The van der Waals surface area contributed by atoms with E-state index in [1.165, 1.54) is 11.8 Å². The molecule has 2 aromatic rings. The number of fused-ring (bicyclic) bond motifs is 1. The Morgan fingerprint density at radius 3 is 2.74 bits per heavy atom. The van der Waals surface area contributed by atoms with Crippen molar-refractivity contribution in [1.29, 1.82) is 0 Å². The number of rotatable bonds is 9. The largest absolute Gasteiger partial charge is 0.379 e. The Morgan fingerprint density at radius 1 is 1.13 bits per heavy atom. The summed E-state index contributed by atoms with van der Waals surface area (Å²) >= 11 is 1.38. The highest BCUT2D eigenvalue weighted by Gasteiger charge is 2.22. The van der Waals surface area contributed by atoms with Crippen LogP contribution in [0.4, 0.5) is 0 Å². The Hall–Kier alpha value is -2.16. The van der Waals surface area contributed by atoms with Gasteiger partial charge in [0.1, 0.15) is 5.03 Å². The van der Waals surface area contributed by atoms with E-state index in [9.17, 15) is 9.59 Å². The van der Waals surface area contributed by atoms with Gasteiger partial charge < -0.3 is 10.1 Å². The number of nitrogens with zero attached hydrogens (tertiary/aromatic N) is 3. The molecule has 0 radical (unpaired) electrons. The summed E-state index contributed by atoms with van der Waals surface area (Å²) in [6.45, 7) is 5.71. The van der Waals surface area contributed by atoms with E-state index in [-0.39, 0.29) is 17.3 Å². The monoisotopic (exact) mass is 442 g/mol. The average molecular weight is 443 g/mol. The highest BCUT2D eigenvalue weighted by molar-refractivity contribution is 7.99. The van der Waals surface area contributed by atoms with Crippen LogP contribution < -0.4 is 11.0 Å². The summed E-state index contributed by atoms with van der Waals surface area (Å²) in [5.74, 6) is 0.226. The molecule has 31 heavy (non-hydrogen) atoms. The third kappa shape index (κ3) is 5.96. The first-order chi connectivity index (χ1) is 15.2. The minimum Gasteiger partial charge on any atom is -0.379 e. The van der Waals surface area contributed by atoms with E-state index in [0.29, 0.717) is 13.1 Å². The fourth-order valence-electron chi connectivity index (χ4n) is 4.19. The molecule has 0 spiro atoms. The Bertz CT molecular complexity index is 942. The fraction of sp³-hybridized carbons (Fsp3) is 0.522. The maximum absolute atomic E-state index is 12.7. The van der Waals surface area contributed by atoms with Gasteiger partial charge >= 0.3 is 5.69 Å². The molecule has 0 atom stereocenters. The lowest BCUT2D eigenvalue weighted by atomic mass is 10.2. The molecule has 1 aliphatic carbocycles. The van der Waals surface area contributed by atoms with Crippen LogP contribution in [0.3, 0.4) is 0 Å². The summed E-state index contributed by atoms with van der Waals surface area (Å²) in [5.41, 5.74) is 3.16. The van der Waals surface area contributed by atoms with Crippen molar-refractivity contribution in [2.75, 3.05) is 38.6 Å². The third-order valence-corrected chi connectivity index (χ3v) is 6.85. The predicted molar refractivity (Wildman–Crippen MR) is 121 cm³/mol. The van der Waals surface area contributed by atoms with E-state index in [1.54, 1.807) is 0 Å². The highest BCUT2D eigenvalue weighted by Crippen LogP contribution is 2.29. The standard InChI is InChI=1S/C23H30N4O3S/c28-21(24-16-18-6-2-1-3-7-18)17-31-22-19-8-4-9-20(19)27(23(29)25-22)11-5-10-26-12-14-30-15-13-26/h1-3,6-7H,4-5,8-17H2,(H,24,28). The van der Waals surface area contributed by atoms with Gasteiger partial charge in [-0.2, -0.15) is 4.98 Å². The summed E-state index contributed by atoms with van der Waals surface area (Å²) in [6.07, 6.45) is 3.82. The average Bonchev–Trinajstić information content (AvgIpc) is 3.29. The van der Waals surface area contributed by atoms with Crippen molar-refractivity contribution in [3.8, 4) is 0 Å². The second kappa shape index (κ2) is 10.9. The van der Waals surface area contributed by atoms with Gasteiger partial charge in [-0.15, -0.1) is 0 Å². The molecule has 4 rings (SSSR count). The number of amides is 1. The van der Waals surface area contributed by atoms with E-state index in [2.05, 4.69) is 15.2 Å². The van der Waals surface area contributed by atoms with Gasteiger partial charge in [0.25, 0.3) is 0 Å². The number of nitrogens with one attached hydrogen (secondary N) is 1. The Morgan fingerprint density at radius 2 is 1.94 bits per heavy atom. The molecular weight excluding hydrogens is 412 g/mol. The normalized spacial score (nSPS) is 16.3. The fourth-order valence-corrected chi connectivity index (χ4v) is 5.10. The van der Waals surface area contributed by atoms with E-state index in [4.69, 9.17) is 4.74 Å². The molecule has 2 heterocycles. The van der Waals surface area contributed by atoms with Crippen LogP contribution in [0, 0.1) is 0 Å². The van der Waals surface area contributed by atoms with Gasteiger partial charge in [-0.1, -0.05) is 42.1 Å². The lowest BCUT2D eigenvalue weighted by molar-refractivity contribution is -0.118. The lowest BCUT2D eigenvalue weighted by Crippen LogP contribution is -2.37. The number of aromatic nitrogens is 2. The van der Waals surface area contributed by atoms with E-state index < -0.39 is 0 Å². The molecule has 1 fully saturated rings. The van der Waals surface area contributed by atoms with Crippen LogP contribution >= 0.6 is 11.8 Å². The van der Waals surface area contributed by atoms with Gasteiger partial charge in [0.2, 0.25) is 5.91 Å². The lowest BCUT2D eigenvalue weighted by Gasteiger charge is -2.26. The first-order valence-electron chi connectivity index (χ1n) is 11.1. The van der Waals surface area contributed by atoms with Crippen molar-refractivity contribution in [1.82, 2.24) is 19.8 Å². The zero-order valence-corrected chi connectivity index (χ0v) is 18.7. The molecule has 0 unspecified atom stereocenters. The van der Waals surface area contributed by atoms with E-state index in [0.717, 1.165) is 80.4 Å². The number of benzene rings is 1. The van der Waals surface area contributed by atoms with Gasteiger partial charge in [0.05, 0.1) is 19.0 Å². The van der Waals surface area contributed by atoms with Crippen LogP contribution in [-0.2, 0) is 35.5 Å². The quantitative estimate of drug-likeness (QED) is 0.472. The molecule has 2 aliphatic rings. The van der Waals surface area contributed by atoms with Crippen molar-refractivity contribution in [3.05, 3.63) is 57.6 Å². The molecule has 1 N–H and O–H groups in total. The maximum atomic E-state index is 12.7. The van der Waals surface area contributed by atoms with Gasteiger partial charge in [-0.3, -0.25) is 14.3 Å². The molecule has 1 aromatic heterocycles. The van der Waals surface area contributed by atoms with Crippen molar-refractivity contribution >= 4 is 17.7 Å². The smallest absolute Gasteiger partial charge is 0.348 e. The minimum atomic E-state index is -0.185. The van der Waals surface area contributed by atoms with Crippen molar-refractivity contribution in [2.24, 2.45) is 0 Å². The predicted octanol–water partition coefficient (Wildman–Crippen LogP) is 1.86. The van der Waals surface area contributed by atoms with Gasteiger partial charge in [-0.05, 0) is 31.2 Å². The number of morpholine rings is 1. The zero-order chi connectivity index (χ0) is 21.5. The van der Waals surface area contributed by atoms with E-state index >= 15 is 0 Å². The van der Waals surface area contributed by atoms with Crippen LogP contribution in [0.5, 0.6) is 0 Å². The number of hydrogen-bond donors (Lipinski definition) is 1. The second-order valence-electron chi connectivity index (χ2n) is 7.99. The molecule has 0 saturated carbocycles. The summed E-state index contributed by atoms with van der Waals surface area (Å²) < 4.78 is 7.26. The van der Waals surface area contributed by atoms with Crippen LogP contribution in [-0.4, -0.2) is 59.0 Å². The second-order valence-corrected chi connectivity index (χ2v) is 8.95. The summed E-state index contributed by atoms with van der Waals surface area (Å²) in [5, 5.41) is 3.67. The maximum Gasteiger partial charge on any atom is 0.348 e. The Labute approximate surface area is 187 Å². The third-order valence-electron chi connectivity index (χ3n) is 5.83. The molecule has 1 saturated heterocycles. The summed E-state index contributed by atoms with van der Waals surface area (Å²) in [6, 6.07) is 9.85. The first kappa shape index (κ1) is 22.0. The Kier molecular flexibility index (Phi) is 7.77. The first-order valence-corrected chi connectivity index (χ1v) is 12.1. The van der Waals surface area contributed by atoms with Crippen molar-refractivity contribution < 1.29 is 9.53 Å². The molecule has 1 aromatic carbocycles. The molecule has 0 bridgehead atoms. The summed E-state index contributed by atoms with van der Waals surface area (Å²) in [4.78, 5) is 31.8. The molecule has 7 nitrogen and oxygen atoms in total. The van der Waals surface area contributed by atoms with Crippen molar-refractivity contribution in [3.63, 3.8) is 0 Å². The molecule has 1 amide bonds. The van der Waals surface area contributed by atoms with E-state index in [1.807, 2.05) is 34.9 Å². The zero-order valence-electron chi connectivity index (χ0n) is 17.8. The van der Waals surface area contributed by atoms with Crippen LogP contribution in [0.1, 0.15) is 29.7 Å². The van der Waals surface area contributed by atoms with Crippen LogP contribution in [0.2, 0.25) is 0 Å². The number of carbonyl (C=O) groups is 1. The SMILES string of the molecule is O=C(CSc1nc(=O)n(CCCN2CCOCC2)c2c1CCC2)NCc1ccccc1. The molecule has 8 heteroatoms. The number of ether oxygens (including phenoxy) is 1. The van der Waals surface area contributed by atoms with Crippen LogP contribution in [0.25, 0.3) is 0 Å². The number of hydrogen-bond acceptors (Lipinski definition) is 6. The molecule has 1 aliphatic heterocycles. The molecule has 166 valence electrons. The summed E-state index contributed by atoms with van der Waals surface area (Å²) in [7, 11) is 0. The topological polar surface area (TPSA) is 76.5 Å². The minimum absolute atomic E-state index is 0.0444. The number of carbonyl (C=O) groups excluding carboxylic acids is 1. The highest BCUT2D eigenvalue weighted by atomic mass is 32.2. The molecular formula is C23H30N4O3S. The number of thioether (sulfide) groups is 1.